The van der Waals surface area contributed by atoms with E-state index in [9.17, 15) is 4.79 Å². The van der Waals surface area contributed by atoms with Crippen LogP contribution in [0.2, 0.25) is 0 Å². The van der Waals surface area contributed by atoms with Crippen molar-refractivity contribution in [3.8, 4) is 11.3 Å². The third kappa shape index (κ3) is 3.66. The van der Waals surface area contributed by atoms with Crippen molar-refractivity contribution in [1.29, 1.82) is 0 Å². The first kappa shape index (κ1) is 15.0. The maximum Gasteiger partial charge on any atom is 0.224 e. The zero-order valence-electron chi connectivity index (χ0n) is 13.0. The fourth-order valence-corrected chi connectivity index (χ4v) is 2.50. The second kappa shape index (κ2) is 6.92. The number of nitrogens with one attached hydrogen (secondary N) is 2. The molecule has 1 heterocycles. The second-order valence-corrected chi connectivity index (χ2v) is 5.46. The maximum atomic E-state index is 12.3. The molecule has 2 aromatic carbocycles. The topological polar surface area (TPSA) is 57.8 Å². The molecule has 1 aromatic heterocycles. The highest BCUT2D eigenvalue weighted by molar-refractivity contribution is 5.95. The van der Waals surface area contributed by atoms with E-state index in [0.717, 1.165) is 34.6 Å². The Morgan fingerprint density at radius 1 is 1.04 bits per heavy atom. The Labute approximate surface area is 135 Å². The largest absolute Gasteiger partial charge is 0.323 e. The third-order valence-corrected chi connectivity index (χ3v) is 3.76. The number of amides is 1. The molecule has 0 saturated heterocycles. The van der Waals surface area contributed by atoms with Gasteiger partial charge in [-0.25, -0.2) is 0 Å². The highest BCUT2D eigenvalue weighted by Gasteiger charge is 2.14. The molecule has 0 radical (unpaired) electrons. The predicted octanol–water partition coefficient (Wildman–Crippen LogP) is 3.96. The molecule has 0 fully saturated rings. The number of anilines is 1. The smallest absolute Gasteiger partial charge is 0.224 e. The number of carbonyl (C=O) groups is 1. The quantitative estimate of drug-likeness (QED) is 0.749. The van der Waals surface area contributed by atoms with Crippen LogP contribution in [0.25, 0.3) is 11.3 Å². The molecule has 116 valence electrons. The van der Waals surface area contributed by atoms with Gasteiger partial charge in [0.2, 0.25) is 5.91 Å². The maximum absolute atomic E-state index is 12.3. The lowest BCUT2D eigenvalue weighted by Crippen LogP contribution is -2.13. The monoisotopic (exact) mass is 305 g/mol. The molecule has 1 amide bonds. The third-order valence-electron chi connectivity index (χ3n) is 3.76. The van der Waals surface area contributed by atoms with Crippen LogP contribution in [-0.2, 0) is 11.2 Å². The van der Waals surface area contributed by atoms with E-state index in [-0.39, 0.29) is 5.91 Å². The molecule has 3 aromatic rings. The van der Waals surface area contributed by atoms with E-state index in [1.54, 1.807) is 0 Å². The molecule has 0 aliphatic heterocycles. The number of rotatable bonds is 5. The van der Waals surface area contributed by atoms with Crippen molar-refractivity contribution in [3.05, 3.63) is 71.9 Å². The summed E-state index contributed by atoms with van der Waals surface area (Å²) in [5.74, 6) is -0.00414. The minimum Gasteiger partial charge on any atom is -0.323 e. The van der Waals surface area contributed by atoms with Crippen LogP contribution in [0.3, 0.4) is 0 Å². The van der Waals surface area contributed by atoms with E-state index in [2.05, 4.69) is 15.5 Å². The molecule has 4 heteroatoms. The van der Waals surface area contributed by atoms with E-state index in [4.69, 9.17) is 0 Å². The van der Waals surface area contributed by atoms with Crippen molar-refractivity contribution in [2.24, 2.45) is 0 Å². The molecule has 0 saturated carbocycles. The van der Waals surface area contributed by atoms with Crippen molar-refractivity contribution in [1.82, 2.24) is 10.2 Å². The average Bonchev–Trinajstić information content (AvgIpc) is 2.95. The van der Waals surface area contributed by atoms with Gasteiger partial charge in [-0.1, -0.05) is 60.7 Å². The van der Waals surface area contributed by atoms with E-state index in [1.807, 2.05) is 67.6 Å². The zero-order valence-corrected chi connectivity index (χ0v) is 13.0. The van der Waals surface area contributed by atoms with Crippen molar-refractivity contribution in [2.45, 2.75) is 19.8 Å². The molecule has 0 unspecified atom stereocenters. The Kier molecular flexibility index (Phi) is 4.52. The van der Waals surface area contributed by atoms with Gasteiger partial charge in [-0.05, 0) is 18.9 Å². The molecule has 2 N–H and O–H groups in total. The Morgan fingerprint density at radius 2 is 1.70 bits per heavy atom. The molecule has 4 nitrogen and oxygen atoms in total. The lowest BCUT2D eigenvalue weighted by Gasteiger charge is -2.07. The standard InChI is InChI=1S/C19H19N3O/c1-14-18(19(22-21-14)16-10-6-3-7-11-16)20-17(23)13-12-15-8-4-2-5-9-15/h2-11H,12-13H2,1H3,(H,20,23)(H,21,22). The minimum absolute atomic E-state index is 0.00414. The van der Waals surface area contributed by atoms with Gasteiger partial charge in [-0.2, -0.15) is 5.10 Å². The van der Waals surface area contributed by atoms with Gasteiger partial charge < -0.3 is 5.32 Å². The molecule has 0 aliphatic carbocycles. The summed E-state index contributed by atoms with van der Waals surface area (Å²) < 4.78 is 0. The van der Waals surface area contributed by atoms with Gasteiger partial charge in [0.15, 0.2) is 0 Å². The summed E-state index contributed by atoms with van der Waals surface area (Å²) in [6.45, 7) is 1.88. The number of hydrogen-bond donors (Lipinski definition) is 2. The van der Waals surface area contributed by atoms with Crippen LogP contribution in [0.4, 0.5) is 5.69 Å². The summed E-state index contributed by atoms with van der Waals surface area (Å²) in [5.41, 5.74) is 4.56. The number of aromatic amines is 1. The lowest BCUT2D eigenvalue weighted by molar-refractivity contribution is -0.116. The molecule has 0 bridgehead atoms. The average molecular weight is 305 g/mol. The summed E-state index contributed by atoms with van der Waals surface area (Å²) in [5, 5.41) is 10.2. The molecule has 0 aliphatic rings. The molecule has 3 rings (SSSR count). The molecule has 0 atom stereocenters. The van der Waals surface area contributed by atoms with Gasteiger partial charge in [0, 0.05) is 12.0 Å². The molecule has 0 spiro atoms. The summed E-state index contributed by atoms with van der Waals surface area (Å²) in [6, 6.07) is 19.9. The lowest BCUT2D eigenvalue weighted by atomic mass is 10.1. The van der Waals surface area contributed by atoms with Crippen LogP contribution in [0.5, 0.6) is 0 Å². The van der Waals surface area contributed by atoms with Gasteiger partial charge in [-0.15, -0.1) is 0 Å². The first-order valence-corrected chi connectivity index (χ1v) is 7.68. The van der Waals surface area contributed by atoms with Crippen LogP contribution in [0, 0.1) is 6.92 Å². The summed E-state index contributed by atoms with van der Waals surface area (Å²) in [6.07, 6.45) is 1.17. The van der Waals surface area contributed by atoms with Crippen LogP contribution in [0.15, 0.2) is 60.7 Å². The number of nitrogens with zero attached hydrogens (tertiary/aromatic N) is 1. The fourth-order valence-electron chi connectivity index (χ4n) is 2.50. The van der Waals surface area contributed by atoms with E-state index < -0.39 is 0 Å². The van der Waals surface area contributed by atoms with E-state index in [1.165, 1.54) is 0 Å². The Hall–Kier alpha value is -2.88. The number of benzene rings is 2. The van der Waals surface area contributed by atoms with Crippen LogP contribution >= 0.6 is 0 Å². The summed E-state index contributed by atoms with van der Waals surface area (Å²) >= 11 is 0. The summed E-state index contributed by atoms with van der Waals surface area (Å²) in [4.78, 5) is 12.3. The van der Waals surface area contributed by atoms with Gasteiger partial charge in [0.25, 0.3) is 0 Å². The van der Waals surface area contributed by atoms with Crippen molar-refractivity contribution >= 4 is 11.6 Å². The summed E-state index contributed by atoms with van der Waals surface area (Å²) in [7, 11) is 0. The van der Waals surface area contributed by atoms with Crippen molar-refractivity contribution < 1.29 is 4.79 Å². The van der Waals surface area contributed by atoms with E-state index >= 15 is 0 Å². The second-order valence-electron chi connectivity index (χ2n) is 5.46. The van der Waals surface area contributed by atoms with Crippen molar-refractivity contribution in [3.63, 3.8) is 0 Å². The van der Waals surface area contributed by atoms with E-state index in [0.29, 0.717) is 6.42 Å². The number of H-pyrrole nitrogens is 1. The predicted molar refractivity (Wildman–Crippen MR) is 92.2 cm³/mol. The first-order chi connectivity index (χ1) is 11.2. The molecular formula is C19H19N3O. The highest BCUT2D eigenvalue weighted by Crippen LogP contribution is 2.28. The fraction of sp³-hybridized carbons (Fsp3) is 0.158. The highest BCUT2D eigenvalue weighted by atomic mass is 16.1. The normalized spacial score (nSPS) is 10.5. The SMILES string of the molecule is Cc1n[nH]c(-c2ccccc2)c1NC(=O)CCc1ccccc1. The van der Waals surface area contributed by atoms with Crippen LogP contribution in [0.1, 0.15) is 17.7 Å². The van der Waals surface area contributed by atoms with Gasteiger partial charge >= 0.3 is 0 Å². The Balaban J connectivity index is 1.70. The zero-order chi connectivity index (χ0) is 16.1. The van der Waals surface area contributed by atoms with Gasteiger partial charge in [0.05, 0.1) is 17.1 Å². The number of carbonyl (C=O) groups excluding carboxylic acids is 1. The number of aryl methyl sites for hydroxylation is 2. The van der Waals surface area contributed by atoms with Crippen LogP contribution < -0.4 is 5.32 Å². The van der Waals surface area contributed by atoms with Crippen molar-refractivity contribution in [2.75, 3.05) is 5.32 Å². The van der Waals surface area contributed by atoms with Gasteiger partial charge in [0.1, 0.15) is 0 Å². The Bertz CT molecular complexity index is 779. The van der Waals surface area contributed by atoms with Gasteiger partial charge in [-0.3, -0.25) is 9.89 Å². The Morgan fingerprint density at radius 3 is 2.39 bits per heavy atom. The molecule has 23 heavy (non-hydrogen) atoms. The number of aromatic nitrogens is 2. The number of hydrogen-bond acceptors (Lipinski definition) is 2. The first-order valence-electron chi connectivity index (χ1n) is 7.68. The molecular weight excluding hydrogens is 286 g/mol. The van der Waals surface area contributed by atoms with Crippen LogP contribution in [-0.4, -0.2) is 16.1 Å². The minimum atomic E-state index is -0.00414.